The van der Waals surface area contributed by atoms with Gasteiger partial charge in [-0.25, -0.2) is 0 Å². The molecule has 1 aliphatic rings. The van der Waals surface area contributed by atoms with Crippen molar-refractivity contribution in [1.29, 1.82) is 0 Å². The van der Waals surface area contributed by atoms with Gasteiger partial charge in [-0.2, -0.15) is 0 Å². The Morgan fingerprint density at radius 2 is 1.88 bits per heavy atom. The summed E-state index contributed by atoms with van der Waals surface area (Å²) in [6.45, 7) is 3.44. The normalized spacial score (nSPS) is 15.6. The molecule has 1 aromatic carbocycles. The lowest BCUT2D eigenvalue weighted by molar-refractivity contribution is 0.306. The lowest BCUT2D eigenvalue weighted by Crippen LogP contribution is -2.44. The second-order valence-corrected chi connectivity index (χ2v) is 6.29. The van der Waals surface area contributed by atoms with Gasteiger partial charge in [-0.05, 0) is 25.2 Å². The van der Waals surface area contributed by atoms with Crippen LogP contribution in [0.5, 0.6) is 5.75 Å². The van der Waals surface area contributed by atoms with Crippen LogP contribution in [0.25, 0.3) is 22.2 Å². The number of hydrogen-bond donors (Lipinski definition) is 1. The number of phenols is 1. The van der Waals surface area contributed by atoms with Crippen molar-refractivity contribution in [2.24, 2.45) is 0 Å². The van der Waals surface area contributed by atoms with E-state index < -0.39 is 0 Å². The fourth-order valence-corrected chi connectivity index (χ4v) is 3.12. The van der Waals surface area contributed by atoms with Gasteiger partial charge in [0.15, 0.2) is 16.9 Å². The Morgan fingerprint density at radius 3 is 2.64 bits per heavy atom. The molecule has 0 atom stereocenters. The minimum absolute atomic E-state index is 0.103. The maximum Gasteiger partial charge on any atom is 0.200 e. The molecule has 1 N–H and O–H groups in total. The van der Waals surface area contributed by atoms with Crippen LogP contribution < -0.4 is 10.3 Å². The van der Waals surface area contributed by atoms with Gasteiger partial charge >= 0.3 is 0 Å². The number of aromatic hydroxyl groups is 1. The van der Waals surface area contributed by atoms with Gasteiger partial charge in [0.25, 0.3) is 0 Å². The topological polar surface area (TPSA) is 69.8 Å². The monoisotopic (exact) mass is 337 g/mol. The predicted octanol–water partition coefficient (Wildman–Crippen LogP) is 2.31. The van der Waals surface area contributed by atoms with Crippen LogP contribution in [-0.4, -0.2) is 48.2 Å². The summed E-state index contributed by atoms with van der Waals surface area (Å²) in [6.07, 6.45) is 1.57. The first-order valence-corrected chi connectivity index (χ1v) is 8.28. The quantitative estimate of drug-likeness (QED) is 0.774. The van der Waals surface area contributed by atoms with E-state index >= 15 is 0 Å². The molecule has 1 saturated heterocycles. The van der Waals surface area contributed by atoms with Crippen molar-refractivity contribution < 1.29 is 9.52 Å². The molecule has 0 bridgehead atoms. The number of likely N-dealkylation sites (N-methyl/N-ethyl adjacent to an activating group) is 1. The first kappa shape index (κ1) is 15.7. The summed E-state index contributed by atoms with van der Waals surface area (Å²) in [4.78, 5) is 21.3. The smallest absolute Gasteiger partial charge is 0.200 e. The SMILES string of the molecule is CN1CCN(c2cc(=O)c3ccnc(-c4ccccc4O)c3o2)CC1. The molecule has 3 aromatic rings. The number of aromatic nitrogens is 1. The Hall–Kier alpha value is -2.86. The molecular weight excluding hydrogens is 318 g/mol. The average Bonchev–Trinajstić information content (AvgIpc) is 2.62. The van der Waals surface area contributed by atoms with E-state index in [4.69, 9.17) is 4.42 Å². The average molecular weight is 337 g/mol. The maximum atomic E-state index is 12.6. The fourth-order valence-electron chi connectivity index (χ4n) is 3.12. The second kappa shape index (κ2) is 6.22. The molecule has 6 heteroatoms. The van der Waals surface area contributed by atoms with Crippen molar-refractivity contribution in [1.82, 2.24) is 9.88 Å². The van der Waals surface area contributed by atoms with E-state index in [-0.39, 0.29) is 11.2 Å². The van der Waals surface area contributed by atoms with E-state index in [9.17, 15) is 9.90 Å². The molecule has 128 valence electrons. The molecule has 2 aromatic heterocycles. The Labute approximate surface area is 144 Å². The number of hydrogen-bond acceptors (Lipinski definition) is 6. The lowest BCUT2D eigenvalue weighted by Gasteiger charge is -2.32. The van der Waals surface area contributed by atoms with Crippen LogP contribution in [0.2, 0.25) is 0 Å². The molecule has 4 rings (SSSR count). The highest BCUT2D eigenvalue weighted by Gasteiger charge is 2.19. The number of phenolic OH excluding ortho intramolecular Hbond substituents is 1. The van der Waals surface area contributed by atoms with Crippen LogP contribution in [-0.2, 0) is 0 Å². The van der Waals surface area contributed by atoms with Crippen molar-refractivity contribution in [2.45, 2.75) is 0 Å². The minimum Gasteiger partial charge on any atom is -0.507 e. The van der Waals surface area contributed by atoms with E-state index in [1.54, 1.807) is 36.5 Å². The number of nitrogens with zero attached hydrogens (tertiary/aromatic N) is 3. The molecule has 0 amide bonds. The number of rotatable bonds is 2. The third-order valence-electron chi connectivity index (χ3n) is 4.61. The van der Waals surface area contributed by atoms with Crippen LogP contribution in [0.4, 0.5) is 5.88 Å². The number of benzene rings is 1. The molecular formula is C19H19N3O3. The molecule has 0 aliphatic carbocycles. The zero-order valence-corrected chi connectivity index (χ0v) is 14.0. The first-order valence-electron chi connectivity index (χ1n) is 8.28. The molecule has 6 nitrogen and oxygen atoms in total. The zero-order valence-electron chi connectivity index (χ0n) is 14.0. The van der Waals surface area contributed by atoms with Gasteiger partial charge in [0.2, 0.25) is 0 Å². The van der Waals surface area contributed by atoms with Crippen molar-refractivity contribution >= 4 is 16.9 Å². The molecule has 25 heavy (non-hydrogen) atoms. The van der Waals surface area contributed by atoms with Crippen LogP contribution in [0.15, 0.2) is 51.8 Å². The Balaban J connectivity index is 1.88. The van der Waals surface area contributed by atoms with Gasteiger partial charge in [0.05, 0.1) is 5.39 Å². The highest BCUT2D eigenvalue weighted by Crippen LogP contribution is 2.33. The summed E-state index contributed by atoms with van der Waals surface area (Å²) in [6, 6.07) is 10.1. The van der Waals surface area contributed by atoms with Crippen molar-refractivity contribution in [2.75, 3.05) is 38.1 Å². The van der Waals surface area contributed by atoms with Crippen LogP contribution in [0.1, 0.15) is 0 Å². The van der Waals surface area contributed by atoms with Gasteiger partial charge in [0, 0.05) is 44.0 Å². The Morgan fingerprint density at radius 1 is 1.12 bits per heavy atom. The van der Waals surface area contributed by atoms with Gasteiger partial charge in [-0.3, -0.25) is 9.78 Å². The number of fused-ring (bicyclic) bond motifs is 1. The van der Waals surface area contributed by atoms with E-state index in [0.717, 1.165) is 26.2 Å². The Bertz CT molecular complexity index is 975. The number of pyridine rings is 1. The molecule has 1 fully saturated rings. The summed E-state index contributed by atoms with van der Waals surface area (Å²) >= 11 is 0. The van der Waals surface area contributed by atoms with E-state index in [0.29, 0.717) is 28.1 Å². The molecule has 0 unspecified atom stereocenters. The lowest BCUT2D eigenvalue weighted by atomic mass is 10.1. The number of anilines is 1. The van der Waals surface area contributed by atoms with Gasteiger partial charge in [-0.15, -0.1) is 0 Å². The van der Waals surface area contributed by atoms with Crippen molar-refractivity contribution in [3.8, 4) is 17.0 Å². The van der Waals surface area contributed by atoms with E-state index in [1.165, 1.54) is 0 Å². The van der Waals surface area contributed by atoms with Crippen LogP contribution >= 0.6 is 0 Å². The molecule has 0 saturated carbocycles. The Kier molecular flexibility index (Phi) is 3.89. The maximum absolute atomic E-state index is 12.6. The number of piperazine rings is 1. The molecule has 1 aliphatic heterocycles. The molecule has 0 radical (unpaired) electrons. The largest absolute Gasteiger partial charge is 0.507 e. The summed E-state index contributed by atoms with van der Waals surface area (Å²) in [5, 5.41) is 10.6. The van der Waals surface area contributed by atoms with Crippen molar-refractivity contribution in [3.05, 3.63) is 52.8 Å². The van der Waals surface area contributed by atoms with Gasteiger partial charge in [-0.1, -0.05) is 12.1 Å². The van der Waals surface area contributed by atoms with Crippen molar-refractivity contribution in [3.63, 3.8) is 0 Å². The molecule has 3 heterocycles. The third-order valence-corrected chi connectivity index (χ3v) is 4.61. The summed E-state index contributed by atoms with van der Waals surface area (Å²) in [7, 11) is 2.08. The van der Waals surface area contributed by atoms with Crippen LogP contribution in [0.3, 0.4) is 0 Å². The van der Waals surface area contributed by atoms with E-state index in [1.807, 2.05) is 6.07 Å². The zero-order chi connectivity index (χ0) is 17.4. The minimum atomic E-state index is -0.103. The first-order chi connectivity index (χ1) is 12.1. The number of para-hydroxylation sites is 1. The predicted molar refractivity (Wildman–Crippen MR) is 97.1 cm³/mol. The van der Waals surface area contributed by atoms with Gasteiger partial charge in [0.1, 0.15) is 11.4 Å². The summed E-state index contributed by atoms with van der Waals surface area (Å²) in [5.41, 5.74) is 1.33. The van der Waals surface area contributed by atoms with E-state index in [2.05, 4.69) is 21.8 Å². The van der Waals surface area contributed by atoms with Gasteiger partial charge < -0.3 is 19.3 Å². The standard InChI is InChI=1S/C19H19N3O3/c1-21-8-10-22(11-9-21)17-12-16(24)14-6-7-20-18(19(14)25-17)13-4-2-3-5-15(13)23/h2-7,12,23H,8-11H2,1H3. The fraction of sp³-hybridized carbons (Fsp3) is 0.263. The highest BCUT2D eigenvalue weighted by molar-refractivity contribution is 5.91. The third kappa shape index (κ3) is 2.85. The summed E-state index contributed by atoms with van der Waals surface area (Å²) in [5.74, 6) is 0.658. The highest BCUT2D eigenvalue weighted by atomic mass is 16.4. The summed E-state index contributed by atoms with van der Waals surface area (Å²) < 4.78 is 6.09. The molecule has 0 spiro atoms. The second-order valence-electron chi connectivity index (χ2n) is 6.29. The van der Waals surface area contributed by atoms with Crippen LogP contribution in [0, 0.1) is 0 Å².